The average Bonchev–Trinajstić information content (AvgIpc) is 2.67. The lowest BCUT2D eigenvalue weighted by atomic mass is 10.0. The lowest BCUT2D eigenvalue weighted by Crippen LogP contribution is -2.14. The summed E-state index contributed by atoms with van der Waals surface area (Å²) >= 11 is 0. The second-order valence-corrected chi connectivity index (χ2v) is 5.59. The molecule has 0 spiro atoms. The number of fused-ring (bicyclic) bond motifs is 1. The maximum atomic E-state index is 11.7. The zero-order chi connectivity index (χ0) is 17.1. The van der Waals surface area contributed by atoms with E-state index in [0.717, 1.165) is 22.1 Å². The van der Waals surface area contributed by atoms with Gasteiger partial charge in [0, 0.05) is 25.1 Å². The summed E-state index contributed by atoms with van der Waals surface area (Å²) in [4.78, 5) is 26.7. The van der Waals surface area contributed by atoms with Crippen molar-refractivity contribution in [3.8, 4) is 11.1 Å². The number of benzene rings is 1. The quantitative estimate of drug-likeness (QED) is 0.601. The van der Waals surface area contributed by atoms with E-state index in [-0.39, 0.29) is 0 Å². The number of aromatic nitrogens is 4. The van der Waals surface area contributed by atoms with Crippen LogP contribution in [0.2, 0.25) is 0 Å². The maximum Gasteiger partial charge on any atom is 0.348 e. The Balaban J connectivity index is 1.61. The lowest BCUT2D eigenvalue weighted by molar-refractivity contribution is 1.05. The molecule has 2 N–H and O–H groups in total. The van der Waals surface area contributed by atoms with Gasteiger partial charge in [0.1, 0.15) is 11.5 Å². The number of aromatic amines is 1. The van der Waals surface area contributed by atoms with Gasteiger partial charge in [-0.25, -0.2) is 9.78 Å². The van der Waals surface area contributed by atoms with E-state index in [1.807, 2.05) is 48.7 Å². The van der Waals surface area contributed by atoms with Crippen molar-refractivity contribution in [1.82, 2.24) is 19.9 Å². The molecule has 4 aromatic rings. The molecule has 4 rings (SSSR count). The van der Waals surface area contributed by atoms with Gasteiger partial charge in [0.15, 0.2) is 0 Å². The highest BCUT2D eigenvalue weighted by Crippen LogP contribution is 2.20. The zero-order valence-corrected chi connectivity index (χ0v) is 13.3. The molecule has 0 aliphatic heterocycles. The first-order chi connectivity index (χ1) is 12.3. The molecule has 6 nitrogen and oxygen atoms in total. The number of rotatable bonds is 4. The second-order valence-electron chi connectivity index (χ2n) is 5.59. The zero-order valence-electron chi connectivity index (χ0n) is 13.3. The number of hydrogen-bond acceptors (Lipinski definition) is 5. The summed E-state index contributed by atoms with van der Waals surface area (Å²) in [5.74, 6) is 0.527. The fourth-order valence-corrected chi connectivity index (χ4v) is 2.70. The molecule has 3 heterocycles. The van der Waals surface area contributed by atoms with Crippen molar-refractivity contribution in [2.24, 2.45) is 0 Å². The minimum absolute atomic E-state index is 0.419. The first-order valence-electron chi connectivity index (χ1n) is 7.88. The Bertz CT molecular complexity index is 1080. The van der Waals surface area contributed by atoms with E-state index in [2.05, 4.69) is 31.3 Å². The monoisotopic (exact) mass is 329 g/mol. The molecule has 0 atom stereocenters. The molecule has 0 fully saturated rings. The van der Waals surface area contributed by atoms with Crippen LogP contribution in [-0.4, -0.2) is 19.9 Å². The summed E-state index contributed by atoms with van der Waals surface area (Å²) < 4.78 is 0. The van der Waals surface area contributed by atoms with E-state index in [0.29, 0.717) is 18.0 Å². The predicted octanol–water partition coefficient (Wildman–Crippen LogP) is 2.99. The van der Waals surface area contributed by atoms with Crippen LogP contribution in [0.25, 0.3) is 22.2 Å². The standard InChI is InChI=1S/C19H15N5O/c25-19-23-17-16(7-3-9-21-17)18(24-19)22-11-13-4-1-5-14(10-13)15-6-2-8-20-12-15/h1-10,12H,11H2,(H2,21,22,23,24,25). The molecule has 3 aromatic heterocycles. The van der Waals surface area contributed by atoms with Crippen LogP contribution < -0.4 is 11.0 Å². The highest BCUT2D eigenvalue weighted by atomic mass is 16.1. The van der Waals surface area contributed by atoms with E-state index in [1.54, 1.807) is 12.4 Å². The molecule has 0 saturated heterocycles. The number of H-pyrrole nitrogens is 1. The van der Waals surface area contributed by atoms with E-state index in [4.69, 9.17) is 0 Å². The SMILES string of the molecule is O=c1nc(NCc2cccc(-c3cccnc3)c2)c2cccnc2[nH]1. The minimum Gasteiger partial charge on any atom is -0.365 e. The number of pyridine rings is 2. The third kappa shape index (κ3) is 3.23. The van der Waals surface area contributed by atoms with Crippen molar-refractivity contribution in [1.29, 1.82) is 0 Å². The van der Waals surface area contributed by atoms with Crippen LogP contribution >= 0.6 is 0 Å². The minimum atomic E-state index is -0.419. The highest BCUT2D eigenvalue weighted by Gasteiger charge is 2.06. The first kappa shape index (κ1) is 15.0. The van der Waals surface area contributed by atoms with Crippen molar-refractivity contribution in [2.75, 3.05) is 5.32 Å². The summed E-state index contributed by atoms with van der Waals surface area (Å²) in [6.45, 7) is 0.550. The Morgan fingerprint density at radius 3 is 2.76 bits per heavy atom. The molecule has 0 unspecified atom stereocenters. The van der Waals surface area contributed by atoms with Crippen molar-refractivity contribution in [3.05, 3.63) is 83.2 Å². The smallest absolute Gasteiger partial charge is 0.348 e. The number of anilines is 1. The predicted molar refractivity (Wildman–Crippen MR) is 97.2 cm³/mol. The summed E-state index contributed by atoms with van der Waals surface area (Å²) in [6.07, 6.45) is 5.23. The molecular weight excluding hydrogens is 314 g/mol. The van der Waals surface area contributed by atoms with E-state index < -0.39 is 5.69 Å². The topological polar surface area (TPSA) is 83.6 Å². The number of nitrogens with one attached hydrogen (secondary N) is 2. The van der Waals surface area contributed by atoms with Crippen LogP contribution in [0, 0.1) is 0 Å². The molecule has 1 aromatic carbocycles. The molecular formula is C19H15N5O. The highest BCUT2D eigenvalue weighted by molar-refractivity contribution is 5.85. The molecule has 0 bridgehead atoms. The normalized spacial score (nSPS) is 10.7. The Hall–Kier alpha value is -3.54. The van der Waals surface area contributed by atoms with Gasteiger partial charge in [0.05, 0.1) is 5.39 Å². The van der Waals surface area contributed by atoms with Gasteiger partial charge in [-0.3, -0.25) is 9.97 Å². The van der Waals surface area contributed by atoms with Crippen molar-refractivity contribution < 1.29 is 0 Å². The van der Waals surface area contributed by atoms with Gasteiger partial charge in [0.2, 0.25) is 0 Å². The van der Waals surface area contributed by atoms with E-state index in [1.165, 1.54) is 0 Å². The molecule has 122 valence electrons. The molecule has 0 saturated carbocycles. The average molecular weight is 329 g/mol. The Labute approximate surface area is 143 Å². The Morgan fingerprint density at radius 1 is 1.00 bits per heavy atom. The lowest BCUT2D eigenvalue weighted by Gasteiger charge is -2.09. The van der Waals surface area contributed by atoms with Gasteiger partial charge in [-0.15, -0.1) is 0 Å². The second kappa shape index (κ2) is 6.52. The van der Waals surface area contributed by atoms with Crippen LogP contribution in [0.1, 0.15) is 5.56 Å². The summed E-state index contributed by atoms with van der Waals surface area (Å²) in [6, 6.07) is 15.8. The van der Waals surface area contributed by atoms with Crippen LogP contribution in [0.5, 0.6) is 0 Å². The number of hydrogen-bond donors (Lipinski definition) is 2. The van der Waals surface area contributed by atoms with E-state index in [9.17, 15) is 4.79 Å². The maximum absolute atomic E-state index is 11.7. The molecule has 0 amide bonds. The van der Waals surface area contributed by atoms with Gasteiger partial charge < -0.3 is 5.32 Å². The van der Waals surface area contributed by atoms with E-state index >= 15 is 0 Å². The summed E-state index contributed by atoms with van der Waals surface area (Å²) in [5, 5.41) is 4.02. The molecule has 25 heavy (non-hydrogen) atoms. The first-order valence-corrected chi connectivity index (χ1v) is 7.88. The molecule has 0 radical (unpaired) electrons. The Kier molecular flexibility index (Phi) is 3.92. The Morgan fingerprint density at radius 2 is 1.88 bits per heavy atom. The fraction of sp³-hybridized carbons (Fsp3) is 0.0526. The van der Waals surface area contributed by atoms with Crippen LogP contribution in [-0.2, 0) is 6.54 Å². The third-order valence-corrected chi connectivity index (χ3v) is 3.88. The van der Waals surface area contributed by atoms with Crippen LogP contribution in [0.15, 0.2) is 71.9 Å². The molecule has 0 aliphatic rings. The largest absolute Gasteiger partial charge is 0.365 e. The summed E-state index contributed by atoms with van der Waals surface area (Å²) in [7, 11) is 0. The van der Waals surface area contributed by atoms with Gasteiger partial charge in [-0.1, -0.05) is 24.3 Å². The van der Waals surface area contributed by atoms with Crippen molar-refractivity contribution >= 4 is 16.9 Å². The van der Waals surface area contributed by atoms with Crippen LogP contribution in [0.4, 0.5) is 5.82 Å². The van der Waals surface area contributed by atoms with Gasteiger partial charge >= 0.3 is 5.69 Å². The van der Waals surface area contributed by atoms with Crippen LogP contribution in [0.3, 0.4) is 0 Å². The number of nitrogens with zero attached hydrogens (tertiary/aromatic N) is 3. The summed E-state index contributed by atoms with van der Waals surface area (Å²) in [5.41, 5.74) is 3.35. The molecule has 6 heteroatoms. The van der Waals surface area contributed by atoms with Gasteiger partial charge in [0.25, 0.3) is 0 Å². The third-order valence-electron chi connectivity index (χ3n) is 3.88. The fourth-order valence-electron chi connectivity index (χ4n) is 2.70. The van der Waals surface area contributed by atoms with Crippen molar-refractivity contribution in [3.63, 3.8) is 0 Å². The molecule has 0 aliphatic carbocycles. The van der Waals surface area contributed by atoms with Gasteiger partial charge in [-0.05, 0) is 41.0 Å². The van der Waals surface area contributed by atoms with Gasteiger partial charge in [-0.2, -0.15) is 4.98 Å². The van der Waals surface area contributed by atoms with Crippen molar-refractivity contribution in [2.45, 2.75) is 6.54 Å².